The molecule has 0 unspecified atom stereocenters. The average Bonchev–Trinajstić information content (AvgIpc) is 2.74. The zero-order valence-electron chi connectivity index (χ0n) is 15.9. The summed E-state index contributed by atoms with van der Waals surface area (Å²) in [5.74, 6) is -3.85. The van der Waals surface area contributed by atoms with Crippen LogP contribution in [-0.2, 0) is 9.53 Å². The summed E-state index contributed by atoms with van der Waals surface area (Å²) in [6.07, 6.45) is 2.93. The van der Waals surface area contributed by atoms with Gasteiger partial charge in [0.25, 0.3) is 11.6 Å². The summed E-state index contributed by atoms with van der Waals surface area (Å²) in [6, 6.07) is 6.75. The molecule has 8 nitrogen and oxygen atoms in total. The van der Waals surface area contributed by atoms with E-state index in [0.29, 0.717) is 18.8 Å². The summed E-state index contributed by atoms with van der Waals surface area (Å²) in [6.45, 7) is 0.712. The molecule has 1 heterocycles. The van der Waals surface area contributed by atoms with E-state index in [2.05, 4.69) is 5.32 Å². The number of benzene rings is 2. The van der Waals surface area contributed by atoms with Crippen molar-refractivity contribution in [2.45, 2.75) is 19.3 Å². The van der Waals surface area contributed by atoms with Crippen LogP contribution in [0.4, 0.5) is 25.8 Å². The number of halogens is 2. The third-order valence-electron chi connectivity index (χ3n) is 4.65. The summed E-state index contributed by atoms with van der Waals surface area (Å²) in [4.78, 5) is 37.0. The molecule has 0 atom stereocenters. The molecule has 1 N–H and O–H groups in total. The van der Waals surface area contributed by atoms with Crippen LogP contribution in [0.25, 0.3) is 0 Å². The van der Waals surface area contributed by atoms with Crippen LogP contribution in [0.15, 0.2) is 36.4 Å². The summed E-state index contributed by atoms with van der Waals surface area (Å²) < 4.78 is 31.2. The lowest BCUT2D eigenvalue weighted by Crippen LogP contribution is -2.31. The van der Waals surface area contributed by atoms with Gasteiger partial charge in [-0.25, -0.2) is 13.6 Å². The second kappa shape index (κ2) is 9.29. The maximum Gasteiger partial charge on any atom is 0.341 e. The number of hydrogen-bond acceptors (Lipinski definition) is 6. The molecule has 0 saturated carbocycles. The SMILES string of the molecule is O=C(COC(=O)c1cc([N+](=O)[O-])ccc1N1CCCCC1)Nc1ccc(F)c(F)c1. The standard InChI is InChI=1S/C20H19F2N3O5/c21-16-6-4-13(10-17(16)22)23-19(26)12-30-20(27)15-11-14(25(28)29)5-7-18(15)24-8-2-1-3-9-24/h4-7,10-11H,1-3,8-9,12H2,(H,23,26). The summed E-state index contributed by atoms with van der Waals surface area (Å²) in [5, 5.41) is 13.4. The lowest BCUT2D eigenvalue weighted by molar-refractivity contribution is -0.384. The molecule has 1 saturated heterocycles. The van der Waals surface area contributed by atoms with Gasteiger partial charge in [0.15, 0.2) is 18.2 Å². The summed E-state index contributed by atoms with van der Waals surface area (Å²) in [5.41, 5.74) is 0.228. The maximum absolute atomic E-state index is 13.2. The van der Waals surface area contributed by atoms with Gasteiger partial charge in [-0.15, -0.1) is 0 Å². The molecule has 1 aliphatic heterocycles. The number of carbonyl (C=O) groups excluding carboxylic acids is 2. The van der Waals surface area contributed by atoms with Gasteiger partial charge in [-0.3, -0.25) is 14.9 Å². The molecule has 3 rings (SSSR count). The number of nitrogens with zero attached hydrogens (tertiary/aromatic N) is 2. The largest absolute Gasteiger partial charge is 0.452 e. The first-order chi connectivity index (χ1) is 14.3. The molecule has 1 aliphatic rings. The van der Waals surface area contributed by atoms with Gasteiger partial charge in [0.2, 0.25) is 0 Å². The Hall–Kier alpha value is -3.56. The molecule has 2 aromatic carbocycles. The van der Waals surface area contributed by atoms with Crippen LogP contribution in [0, 0.1) is 21.7 Å². The molecule has 0 spiro atoms. The highest BCUT2D eigenvalue weighted by Crippen LogP contribution is 2.28. The molecule has 0 aromatic heterocycles. The van der Waals surface area contributed by atoms with E-state index in [1.807, 2.05) is 4.90 Å². The predicted molar refractivity (Wildman–Crippen MR) is 104 cm³/mol. The number of esters is 1. The number of nitro benzene ring substituents is 1. The van der Waals surface area contributed by atoms with Crippen LogP contribution in [0.2, 0.25) is 0 Å². The second-order valence-corrected chi connectivity index (χ2v) is 6.76. The second-order valence-electron chi connectivity index (χ2n) is 6.76. The third-order valence-corrected chi connectivity index (χ3v) is 4.65. The average molecular weight is 419 g/mol. The molecule has 1 fully saturated rings. The zero-order valence-corrected chi connectivity index (χ0v) is 15.9. The Bertz CT molecular complexity index is 977. The Labute approximate surface area is 170 Å². The first kappa shape index (κ1) is 21.2. The number of nitrogens with one attached hydrogen (secondary N) is 1. The fourth-order valence-corrected chi connectivity index (χ4v) is 3.19. The molecular weight excluding hydrogens is 400 g/mol. The van der Waals surface area contributed by atoms with Gasteiger partial charge >= 0.3 is 5.97 Å². The molecule has 2 aromatic rings. The molecule has 0 radical (unpaired) electrons. The minimum absolute atomic E-state index is 0.000645. The number of non-ortho nitro benzene ring substituents is 1. The molecular formula is C20H19F2N3O5. The molecule has 0 bridgehead atoms. The molecule has 1 amide bonds. The van der Waals surface area contributed by atoms with Gasteiger partial charge in [-0.2, -0.15) is 0 Å². The number of anilines is 2. The van der Waals surface area contributed by atoms with Crippen LogP contribution in [0.3, 0.4) is 0 Å². The van der Waals surface area contributed by atoms with Crippen LogP contribution in [0.5, 0.6) is 0 Å². The lowest BCUT2D eigenvalue weighted by Gasteiger charge is -2.30. The number of piperidine rings is 1. The van der Waals surface area contributed by atoms with Crippen molar-refractivity contribution >= 4 is 28.9 Å². The summed E-state index contributed by atoms with van der Waals surface area (Å²) >= 11 is 0. The van der Waals surface area contributed by atoms with Gasteiger partial charge in [0.05, 0.1) is 16.2 Å². The van der Waals surface area contributed by atoms with Gasteiger partial charge in [0, 0.05) is 37.0 Å². The number of rotatable bonds is 6. The number of amides is 1. The van der Waals surface area contributed by atoms with Gasteiger partial charge in [-0.05, 0) is 37.5 Å². The van der Waals surface area contributed by atoms with Crippen molar-refractivity contribution in [1.29, 1.82) is 0 Å². The first-order valence-electron chi connectivity index (χ1n) is 9.30. The van der Waals surface area contributed by atoms with Crippen molar-refractivity contribution in [3.63, 3.8) is 0 Å². The minimum atomic E-state index is -1.13. The number of ether oxygens (including phenoxy) is 1. The zero-order chi connectivity index (χ0) is 21.7. The predicted octanol–water partition coefficient (Wildman–Crippen LogP) is 3.66. The van der Waals surface area contributed by atoms with Crippen molar-refractivity contribution in [3.8, 4) is 0 Å². The fourth-order valence-electron chi connectivity index (χ4n) is 3.19. The van der Waals surface area contributed by atoms with E-state index < -0.39 is 35.0 Å². The lowest BCUT2D eigenvalue weighted by atomic mass is 10.1. The molecule has 158 valence electrons. The Kier molecular flexibility index (Phi) is 6.55. The maximum atomic E-state index is 13.2. The molecule has 10 heteroatoms. The smallest absolute Gasteiger partial charge is 0.341 e. The van der Waals surface area contributed by atoms with E-state index in [1.54, 1.807) is 0 Å². The van der Waals surface area contributed by atoms with E-state index >= 15 is 0 Å². The van der Waals surface area contributed by atoms with E-state index in [4.69, 9.17) is 4.74 Å². The van der Waals surface area contributed by atoms with E-state index in [1.165, 1.54) is 12.1 Å². The number of nitro groups is 1. The topological polar surface area (TPSA) is 102 Å². The fraction of sp³-hybridized carbons (Fsp3) is 0.300. The Morgan fingerprint density at radius 1 is 1.07 bits per heavy atom. The van der Waals surface area contributed by atoms with Crippen molar-refractivity contribution in [3.05, 3.63) is 63.7 Å². The molecule has 30 heavy (non-hydrogen) atoms. The first-order valence-corrected chi connectivity index (χ1v) is 9.30. The highest BCUT2D eigenvalue weighted by atomic mass is 19.2. The van der Waals surface area contributed by atoms with Gasteiger partial charge in [0.1, 0.15) is 0 Å². The van der Waals surface area contributed by atoms with E-state index in [0.717, 1.165) is 43.5 Å². The van der Waals surface area contributed by atoms with Crippen LogP contribution < -0.4 is 10.2 Å². The van der Waals surface area contributed by atoms with Gasteiger partial charge < -0.3 is 15.0 Å². The van der Waals surface area contributed by atoms with Crippen LogP contribution in [0.1, 0.15) is 29.6 Å². The van der Waals surface area contributed by atoms with Crippen LogP contribution in [-0.4, -0.2) is 36.5 Å². The Morgan fingerprint density at radius 3 is 2.47 bits per heavy atom. The van der Waals surface area contributed by atoms with E-state index in [9.17, 15) is 28.5 Å². The molecule has 0 aliphatic carbocycles. The highest BCUT2D eigenvalue weighted by molar-refractivity contribution is 5.99. The third kappa shape index (κ3) is 5.07. The monoisotopic (exact) mass is 419 g/mol. The minimum Gasteiger partial charge on any atom is -0.452 e. The normalized spacial score (nSPS) is 13.6. The van der Waals surface area contributed by atoms with E-state index in [-0.39, 0.29) is 16.9 Å². The number of carbonyl (C=O) groups is 2. The van der Waals surface area contributed by atoms with Crippen molar-refractivity contribution < 1.29 is 28.0 Å². The highest BCUT2D eigenvalue weighted by Gasteiger charge is 2.23. The van der Waals surface area contributed by atoms with Crippen molar-refractivity contribution in [2.24, 2.45) is 0 Å². The van der Waals surface area contributed by atoms with Gasteiger partial charge in [-0.1, -0.05) is 0 Å². The number of hydrogen-bond donors (Lipinski definition) is 1. The van der Waals surface area contributed by atoms with Crippen molar-refractivity contribution in [2.75, 3.05) is 29.9 Å². The quantitative estimate of drug-likeness (QED) is 0.436. The Morgan fingerprint density at radius 2 is 1.80 bits per heavy atom. The summed E-state index contributed by atoms with van der Waals surface area (Å²) in [7, 11) is 0. The van der Waals surface area contributed by atoms with Crippen molar-refractivity contribution in [1.82, 2.24) is 0 Å². The Balaban J connectivity index is 1.71. The van der Waals surface area contributed by atoms with Crippen LogP contribution >= 0.6 is 0 Å².